The van der Waals surface area contributed by atoms with E-state index in [1.54, 1.807) is 0 Å². The van der Waals surface area contributed by atoms with E-state index in [1.807, 2.05) is 12.3 Å². The van der Waals surface area contributed by atoms with Gasteiger partial charge in [-0.05, 0) is 146 Å². The summed E-state index contributed by atoms with van der Waals surface area (Å²) < 4.78 is 0. The number of pyridine rings is 1. The Labute approximate surface area is 313 Å². The first-order valence-electron chi connectivity index (χ1n) is 19.3. The SMILES string of the molecule is CC(C)(C)C1=CC=C(N(c2ccc3c(c2)c2ccccc2c2c(C4=CC=CCC4)cc(C4=CCCC=C4)c(-c4ccccc4)c32)c2ccccn2)CC1. The molecular formula is C51H46N2. The second kappa shape index (κ2) is 13.7. The van der Waals surface area contributed by atoms with Crippen LogP contribution >= 0.6 is 0 Å². The smallest absolute Gasteiger partial charge is 0.137 e. The first kappa shape index (κ1) is 33.1. The summed E-state index contributed by atoms with van der Waals surface area (Å²) >= 11 is 0. The molecule has 1 aromatic heterocycles. The van der Waals surface area contributed by atoms with Gasteiger partial charge in [0.2, 0.25) is 0 Å². The second-order valence-electron chi connectivity index (χ2n) is 15.7. The van der Waals surface area contributed by atoms with Gasteiger partial charge in [0.05, 0.1) is 0 Å². The number of nitrogens with zero attached hydrogens (tertiary/aromatic N) is 2. The maximum atomic E-state index is 4.91. The molecule has 0 amide bonds. The number of benzene rings is 5. The first-order valence-corrected chi connectivity index (χ1v) is 19.3. The van der Waals surface area contributed by atoms with Gasteiger partial charge in [-0.1, -0.05) is 136 Å². The lowest BCUT2D eigenvalue weighted by Crippen LogP contribution is -2.21. The Morgan fingerprint density at radius 1 is 0.623 bits per heavy atom. The predicted octanol–water partition coefficient (Wildman–Crippen LogP) is 14.5. The van der Waals surface area contributed by atoms with Gasteiger partial charge in [0.1, 0.15) is 5.82 Å². The number of rotatable bonds is 6. The third kappa shape index (κ3) is 6.07. The highest BCUT2D eigenvalue weighted by atomic mass is 15.2. The van der Waals surface area contributed by atoms with Gasteiger partial charge in [-0.15, -0.1) is 0 Å². The number of allylic oxidation sites excluding steroid dienone is 12. The van der Waals surface area contributed by atoms with Crippen LogP contribution in [0.3, 0.4) is 0 Å². The van der Waals surface area contributed by atoms with Gasteiger partial charge in [-0.3, -0.25) is 4.90 Å². The minimum Gasteiger partial charge on any atom is -0.299 e. The van der Waals surface area contributed by atoms with E-state index in [0.29, 0.717) is 0 Å². The largest absolute Gasteiger partial charge is 0.299 e. The van der Waals surface area contributed by atoms with Gasteiger partial charge in [-0.2, -0.15) is 0 Å². The molecule has 260 valence electrons. The van der Waals surface area contributed by atoms with Crippen LogP contribution in [0.5, 0.6) is 0 Å². The van der Waals surface area contributed by atoms with Gasteiger partial charge >= 0.3 is 0 Å². The van der Waals surface area contributed by atoms with Crippen LogP contribution in [0.2, 0.25) is 0 Å². The molecule has 2 heteroatoms. The van der Waals surface area contributed by atoms with E-state index in [4.69, 9.17) is 4.98 Å². The molecule has 3 aliphatic rings. The molecular weight excluding hydrogens is 641 g/mol. The Bertz CT molecular complexity index is 2570. The normalized spacial score (nSPS) is 16.1. The second-order valence-corrected chi connectivity index (χ2v) is 15.7. The van der Waals surface area contributed by atoms with Gasteiger partial charge in [0, 0.05) is 17.6 Å². The Morgan fingerprint density at radius 2 is 1.43 bits per heavy atom. The maximum Gasteiger partial charge on any atom is 0.137 e. The zero-order valence-electron chi connectivity index (χ0n) is 31.1. The molecule has 0 atom stereocenters. The summed E-state index contributed by atoms with van der Waals surface area (Å²) in [4.78, 5) is 7.29. The van der Waals surface area contributed by atoms with Crippen molar-refractivity contribution in [2.45, 2.75) is 59.3 Å². The molecule has 0 fully saturated rings. The molecule has 3 aliphatic carbocycles. The fourth-order valence-corrected chi connectivity index (χ4v) is 8.67. The average molecular weight is 687 g/mol. The molecule has 1 heterocycles. The van der Waals surface area contributed by atoms with E-state index in [2.05, 4.69) is 165 Å². The number of fused-ring (bicyclic) bond motifs is 6. The zero-order valence-corrected chi connectivity index (χ0v) is 31.1. The fourth-order valence-electron chi connectivity index (χ4n) is 8.67. The van der Waals surface area contributed by atoms with E-state index in [9.17, 15) is 0 Å². The number of hydrogen-bond donors (Lipinski definition) is 0. The van der Waals surface area contributed by atoms with E-state index in [1.165, 1.54) is 77.0 Å². The van der Waals surface area contributed by atoms with Gasteiger partial charge in [0.25, 0.3) is 0 Å². The molecule has 9 rings (SSSR count). The number of aromatic nitrogens is 1. The Morgan fingerprint density at radius 3 is 2.15 bits per heavy atom. The van der Waals surface area contributed by atoms with Crippen molar-refractivity contribution in [3.05, 3.63) is 174 Å². The maximum absolute atomic E-state index is 4.91. The van der Waals surface area contributed by atoms with E-state index in [-0.39, 0.29) is 5.41 Å². The summed E-state index contributed by atoms with van der Waals surface area (Å²) in [5.74, 6) is 0.943. The molecule has 0 aliphatic heterocycles. The highest BCUT2D eigenvalue weighted by molar-refractivity contribution is 6.31. The minimum atomic E-state index is 0.155. The predicted molar refractivity (Wildman–Crippen MR) is 228 cm³/mol. The lowest BCUT2D eigenvalue weighted by Gasteiger charge is -2.32. The van der Waals surface area contributed by atoms with Crippen molar-refractivity contribution in [1.29, 1.82) is 0 Å². The molecule has 2 nitrogen and oxygen atoms in total. The van der Waals surface area contributed by atoms with Crippen LogP contribution in [0.1, 0.15) is 70.4 Å². The molecule has 5 aromatic carbocycles. The van der Waals surface area contributed by atoms with Crippen LogP contribution in [0, 0.1) is 5.41 Å². The highest BCUT2D eigenvalue weighted by Gasteiger charge is 2.26. The summed E-state index contributed by atoms with van der Waals surface area (Å²) in [6.07, 6.45) is 26.9. The molecule has 6 aromatic rings. The van der Waals surface area contributed by atoms with Crippen LogP contribution in [-0.2, 0) is 0 Å². The molecule has 0 unspecified atom stereocenters. The molecule has 0 spiro atoms. The summed E-state index contributed by atoms with van der Waals surface area (Å²) in [6.45, 7) is 6.95. The molecule has 0 saturated heterocycles. The molecule has 53 heavy (non-hydrogen) atoms. The molecule has 0 N–H and O–H groups in total. The van der Waals surface area contributed by atoms with Crippen LogP contribution in [0.25, 0.3) is 54.6 Å². The van der Waals surface area contributed by atoms with Crippen LogP contribution in [0.4, 0.5) is 11.5 Å². The first-order chi connectivity index (χ1) is 26.0. The molecule has 0 saturated carbocycles. The monoisotopic (exact) mass is 686 g/mol. The van der Waals surface area contributed by atoms with Crippen LogP contribution < -0.4 is 4.90 Å². The average Bonchev–Trinajstić information content (AvgIpc) is 3.21. The number of hydrogen-bond acceptors (Lipinski definition) is 2. The topological polar surface area (TPSA) is 16.1 Å². The van der Waals surface area contributed by atoms with Crippen molar-refractivity contribution in [1.82, 2.24) is 4.98 Å². The third-order valence-corrected chi connectivity index (χ3v) is 11.3. The minimum absolute atomic E-state index is 0.155. The molecule has 0 bridgehead atoms. The Balaban J connectivity index is 1.39. The van der Waals surface area contributed by atoms with Crippen molar-refractivity contribution in [2.24, 2.45) is 5.41 Å². The van der Waals surface area contributed by atoms with Crippen molar-refractivity contribution in [3.63, 3.8) is 0 Å². The summed E-state index contributed by atoms with van der Waals surface area (Å²) in [7, 11) is 0. The van der Waals surface area contributed by atoms with E-state index < -0.39 is 0 Å². The summed E-state index contributed by atoms with van der Waals surface area (Å²) in [5.41, 5.74) is 12.0. The summed E-state index contributed by atoms with van der Waals surface area (Å²) in [5, 5.41) is 7.81. The lowest BCUT2D eigenvalue weighted by atomic mass is 9.79. The lowest BCUT2D eigenvalue weighted by molar-refractivity contribution is 0.479. The Hall–Kier alpha value is -5.73. The van der Waals surface area contributed by atoms with Gasteiger partial charge < -0.3 is 0 Å². The van der Waals surface area contributed by atoms with Crippen LogP contribution in [-0.4, -0.2) is 4.98 Å². The summed E-state index contributed by atoms with van der Waals surface area (Å²) in [6, 6.07) is 36.1. The third-order valence-electron chi connectivity index (χ3n) is 11.3. The van der Waals surface area contributed by atoms with Crippen LogP contribution in [0.15, 0.2) is 163 Å². The van der Waals surface area contributed by atoms with Crippen molar-refractivity contribution < 1.29 is 0 Å². The molecule has 0 radical (unpaired) electrons. The van der Waals surface area contributed by atoms with Gasteiger partial charge in [-0.25, -0.2) is 4.98 Å². The van der Waals surface area contributed by atoms with Crippen molar-refractivity contribution in [3.8, 4) is 11.1 Å². The quantitative estimate of drug-likeness (QED) is 0.162. The van der Waals surface area contributed by atoms with Crippen molar-refractivity contribution in [2.75, 3.05) is 4.90 Å². The zero-order chi connectivity index (χ0) is 35.9. The van der Waals surface area contributed by atoms with E-state index >= 15 is 0 Å². The van der Waals surface area contributed by atoms with E-state index in [0.717, 1.165) is 50.0 Å². The Kier molecular flexibility index (Phi) is 8.55. The van der Waals surface area contributed by atoms with Gasteiger partial charge in [0.15, 0.2) is 0 Å². The number of anilines is 2. The fraction of sp³-hybridized carbons (Fsp3) is 0.196. The standard InChI is InChI=1S/C51H46N2/c1-51(2,3)38-26-28-39(29-27-38)53(47-25-15-16-32-52-47)40-30-31-43-46(33-40)41-23-13-14-24-42(41)49-45(36-19-9-5-10-20-36)34-44(35-17-7-4-8-18-35)48(50(43)49)37-21-11-6-12-22-37/h5-7,9,11-19,21-26,28,30-34H,4,8,10,20,27,29H2,1-3H3. The van der Waals surface area contributed by atoms with Crippen molar-refractivity contribution >= 4 is 55.0 Å². The highest BCUT2D eigenvalue weighted by Crippen LogP contribution is 2.49.